The largest absolute Gasteiger partial charge is 0.416 e. The molecule has 4 N–H and O–H groups in total. The van der Waals surface area contributed by atoms with Gasteiger partial charge in [0.1, 0.15) is 0 Å². The Morgan fingerprint density at radius 3 is 1.84 bits per heavy atom. The van der Waals surface area contributed by atoms with E-state index in [0.29, 0.717) is 46.9 Å². The van der Waals surface area contributed by atoms with Gasteiger partial charge in [-0.15, -0.1) is 0 Å². The maximum Gasteiger partial charge on any atom is 0.416 e. The molecule has 0 aliphatic rings. The molecule has 0 spiro atoms. The Balaban J connectivity index is 2.19. The molecule has 0 atom stereocenters. The predicted molar refractivity (Wildman–Crippen MR) is 106 cm³/mol. The van der Waals surface area contributed by atoms with E-state index in [0.717, 1.165) is 11.8 Å². The summed E-state index contributed by atoms with van der Waals surface area (Å²) in [7, 11) is 0. The highest BCUT2D eigenvalue weighted by atomic mass is 35.5. The van der Waals surface area contributed by atoms with Gasteiger partial charge in [-0.05, 0) is 55.2 Å². The molecule has 0 saturated carbocycles. The van der Waals surface area contributed by atoms with Crippen molar-refractivity contribution in [2.75, 3.05) is 13.2 Å². The number of benzene rings is 2. The van der Waals surface area contributed by atoms with E-state index in [1.54, 1.807) is 12.1 Å². The van der Waals surface area contributed by atoms with Gasteiger partial charge in [0, 0.05) is 14.8 Å². The summed E-state index contributed by atoms with van der Waals surface area (Å²) in [5.41, 5.74) is 2.62. The topological polar surface area (TPSA) is 66.5 Å². The molecule has 0 aliphatic heterocycles. The number of alkyl halides is 6. The normalized spacial score (nSPS) is 13.0. The van der Waals surface area contributed by atoms with Crippen LogP contribution in [-0.2, 0) is 18.8 Å². The Hall–Kier alpha value is -1.46. The van der Waals surface area contributed by atoms with Crippen LogP contribution in [0.25, 0.3) is 0 Å². The van der Waals surface area contributed by atoms with Gasteiger partial charge in [0.2, 0.25) is 0 Å². The van der Waals surface area contributed by atoms with E-state index in [4.69, 9.17) is 17.3 Å². The molecule has 0 saturated heterocycles. The molecule has 0 radical (unpaired) electrons. The molecule has 0 heterocycles. The van der Waals surface area contributed by atoms with Crippen LogP contribution in [0.4, 0.5) is 26.3 Å². The zero-order valence-corrected chi connectivity index (χ0v) is 17.6. The molecule has 0 aliphatic carbocycles. The number of halogens is 7. The van der Waals surface area contributed by atoms with Crippen LogP contribution in [0.1, 0.15) is 29.5 Å². The van der Waals surface area contributed by atoms with Crippen molar-refractivity contribution >= 4 is 23.4 Å². The van der Waals surface area contributed by atoms with Crippen LogP contribution in [0, 0.1) is 0 Å². The highest BCUT2D eigenvalue weighted by Crippen LogP contribution is 2.40. The second-order valence-corrected chi connectivity index (χ2v) is 8.68. The summed E-state index contributed by atoms with van der Waals surface area (Å²) in [6, 6.07) is 6.03. The molecule has 0 bridgehead atoms. The molecule has 11 heteroatoms. The number of hydrogen-bond donors (Lipinski definition) is 3. The Kier molecular flexibility index (Phi) is 8.32. The molecule has 172 valence electrons. The summed E-state index contributed by atoms with van der Waals surface area (Å²) in [5, 5.41) is 18.7. The van der Waals surface area contributed by atoms with Crippen LogP contribution in [0.3, 0.4) is 0 Å². The van der Waals surface area contributed by atoms with Crippen molar-refractivity contribution < 1.29 is 36.6 Å². The summed E-state index contributed by atoms with van der Waals surface area (Å²) in [5.74, 6) is 0. The first-order valence-electron chi connectivity index (χ1n) is 9.04. The number of nitrogens with two attached hydrogens (primary N) is 1. The SMILES string of the molecule is NC(CO)(CO)CCCc1ccc(Sc2cc(C(F)(F)F)cc(C(F)(F)F)c2)cc1Cl. The van der Waals surface area contributed by atoms with Crippen molar-refractivity contribution in [1.82, 2.24) is 0 Å². The van der Waals surface area contributed by atoms with Gasteiger partial charge in [0.25, 0.3) is 0 Å². The first kappa shape index (κ1) is 25.8. The first-order chi connectivity index (χ1) is 14.3. The number of rotatable bonds is 8. The zero-order valence-electron chi connectivity index (χ0n) is 16.0. The van der Waals surface area contributed by atoms with Gasteiger partial charge in [0.05, 0.1) is 29.9 Å². The highest BCUT2D eigenvalue weighted by molar-refractivity contribution is 7.99. The molecule has 2 aromatic rings. The fourth-order valence-corrected chi connectivity index (χ4v) is 4.05. The summed E-state index contributed by atoms with van der Waals surface area (Å²) in [6.45, 7) is -0.770. The number of aliphatic hydroxyl groups is 2. The van der Waals surface area contributed by atoms with Crippen molar-refractivity contribution in [3.05, 3.63) is 58.1 Å². The average Bonchev–Trinajstić information content (AvgIpc) is 2.68. The molecule has 2 rings (SSSR count). The molecule has 31 heavy (non-hydrogen) atoms. The van der Waals surface area contributed by atoms with E-state index in [2.05, 4.69) is 0 Å². The smallest absolute Gasteiger partial charge is 0.394 e. The molecule has 0 unspecified atom stereocenters. The average molecular weight is 488 g/mol. The Morgan fingerprint density at radius 1 is 0.839 bits per heavy atom. The van der Waals surface area contributed by atoms with Gasteiger partial charge in [-0.2, -0.15) is 26.3 Å². The fraction of sp³-hybridized carbons (Fsp3) is 0.400. The van der Waals surface area contributed by atoms with Gasteiger partial charge in [0.15, 0.2) is 0 Å². The third-order valence-corrected chi connectivity index (χ3v) is 5.88. The minimum Gasteiger partial charge on any atom is -0.394 e. The highest BCUT2D eigenvalue weighted by Gasteiger charge is 2.37. The van der Waals surface area contributed by atoms with Crippen LogP contribution in [0.2, 0.25) is 5.02 Å². The lowest BCUT2D eigenvalue weighted by Crippen LogP contribution is -2.47. The molecular formula is C20H20ClF6NO2S. The van der Waals surface area contributed by atoms with E-state index < -0.39 is 29.0 Å². The van der Waals surface area contributed by atoms with Crippen LogP contribution >= 0.6 is 23.4 Å². The number of aliphatic hydroxyl groups excluding tert-OH is 2. The van der Waals surface area contributed by atoms with Crippen molar-refractivity contribution in [3.63, 3.8) is 0 Å². The van der Waals surface area contributed by atoms with Crippen LogP contribution in [-0.4, -0.2) is 29.0 Å². The van der Waals surface area contributed by atoms with Gasteiger partial charge in [-0.1, -0.05) is 29.4 Å². The molecule has 0 amide bonds. The summed E-state index contributed by atoms with van der Waals surface area (Å²) in [6.07, 6.45) is -8.53. The second kappa shape index (κ2) is 9.99. The lowest BCUT2D eigenvalue weighted by atomic mass is 9.94. The van der Waals surface area contributed by atoms with Crippen LogP contribution in [0.15, 0.2) is 46.2 Å². The van der Waals surface area contributed by atoms with E-state index in [1.807, 2.05) is 0 Å². The third kappa shape index (κ3) is 7.28. The number of aryl methyl sites for hydroxylation is 1. The van der Waals surface area contributed by atoms with Crippen molar-refractivity contribution in [3.8, 4) is 0 Å². The maximum absolute atomic E-state index is 13.0. The van der Waals surface area contributed by atoms with Gasteiger partial charge in [-0.3, -0.25) is 0 Å². The molecule has 0 aromatic heterocycles. The minimum absolute atomic E-state index is 0.0797. The standard InChI is InChI=1S/C20H20ClF6NO2S/c21-17-9-15(4-3-12(17)2-1-5-18(28,10-29)11-30)31-16-7-13(19(22,23)24)6-14(8-16)20(25,26)27/h3-4,6-9,29-30H,1-2,5,10-11,28H2. The second-order valence-electron chi connectivity index (χ2n) is 7.13. The van der Waals surface area contributed by atoms with E-state index in [-0.39, 0.29) is 24.2 Å². The lowest BCUT2D eigenvalue weighted by Gasteiger charge is -2.24. The van der Waals surface area contributed by atoms with E-state index in [9.17, 15) is 36.6 Å². The summed E-state index contributed by atoms with van der Waals surface area (Å²) < 4.78 is 78.0. The zero-order chi connectivity index (χ0) is 23.4. The molecule has 2 aromatic carbocycles. The first-order valence-corrected chi connectivity index (χ1v) is 10.2. The number of hydrogen-bond acceptors (Lipinski definition) is 4. The Labute approximate surface area is 184 Å². The monoisotopic (exact) mass is 487 g/mol. The van der Waals surface area contributed by atoms with Gasteiger partial charge >= 0.3 is 12.4 Å². The molecule has 0 fully saturated rings. The molecule has 3 nitrogen and oxygen atoms in total. The minimum atomic E-state index is -4.92. The lowest BCUT2D eigenvalue weighted by molar-refractivity contribution is -0.143. The Bertz CT molecular complexity index is 868. The van der Waals surface area contributed by atoms with E-state index >= 15 is 0 Å². The van der Waals surface area contributed by atoms with Crippen molar-refractivity contribution in [2.45, 2.75) is 46.9 Å². The Morgan fingerprint density at radius 2 is 1.39 bits per heavy atom. The van der Waals surface area contributed by atoms with Crippen molar-refractivity contribution in [2.24, 2.45) is 5.73 Å². The van der Waals surface area contributed by atoms with Gasteiger partial charge < -0.3 is 15.9 Å². The van der Waals surface area contributed by atoms with Gasteiger partial charge in [-0.25, -0.2) is 0 Å². The maximum atomic E-state index is 13.0. The fourth-order valence-electron chi connectivity index (χ4n) is 2.75. The van der Waals surface area contributed by atoms with Crippen molar-refractivity contribution in [1.29, 1.82) is 0 Å². The summed E-state index contributed by atoms with van der Waals surface area (Å²) in [4.78, 5) is 0.157. The third-order valence-electron chi connectivity index (χ3n) is 4.57. The predicted octanol–water partition coefficient (Wildman–Crippen LogP) is 5.53. The van der Waals surface area contributed by atoms with E-state index in [1.165, 1.54) is 6.07 Å². The van der Waals surface area contributed by atoms with Crippen LogP contribution < -0.4 is 5.73 Å². The summed E-state index contributed by atoms with van der Waals surface area (Å²) >= 11 is 6.95. The quantitative estimate of drug-likeness (QED) is 0.428. The molecular weight excluding hydrogens is 468 g/mol. The van der Waals surface area contributed by atoms with Crippen LogP contribution in [0.5, 0.6) is 0 Å².